The van der Waals surface area contributed by atoms with Gasteiger partial charge in [0.2, 0.25) is 5.91 Å². The molecule has 0 bridgehead atoms. The zero-order valence-corrected chi connectivity index (χ0v) is 17.7. The number of hydrogen-bond acceptors (Lipinski definition) is 4. The maximum absolute atomic E-state index is 13.3. The van der Waals surface area contributed by atoms with E-state index in [1.807, 2.05) is 47.4 Å². The highest BCUT2D eigenvalue weighted by Crippen LogP contribution is 2.49. The maximum Gasteiger partial charge on any atom is 0.233 e. The minimum Gasteiger partial charge on any atom is -0.497 e. The van der Waals surface area contributed by atoms with Crippen LogP contribution in [-0.4, -0.2) is 56.1 Å². The van der Waals surface area contributed by atoms with E-state index in [1.54, 1.807) is 14.2 Å². The van der Waals surface area contributed by atoms with E-state index in [1.165, 1.54) is 0 Å². The van der Waals surface area contributed by atoms with Crippen LogP contribution in [0, 0.1) is 0 Å². The molecule has 0 N–H and O–H groups in total. The van der Waals surface area contributed by atoms with Crippen molar-refractivity contribution in [1.29, 1.82) is 0 Å². The first kappa shape index (κ1) is 20.0. The standard InChI is InChI=1S/C23H27ClN2O3/c1-28-20-7-8-21(29-2)17(15-20)16-25-11-13-26(14-12-25)22(27)23(9-10-23)18-3-5-19(24)6-4-18/h3-8,15H,9-14,16H2,1-2H3. The molecular formula is C23H27ClN2O3. The summed E-state index contributed by atoms with van der Waals surface area (Å²) in [5.41, 5.74) is 1.87. The van der Waals surface area contributed by atoms with Gasteiger partial charge in [-0.05, 0) is 48.7 Å². The van der Waals surface area contributed by atoms with Gasteiger partial charge in [0.25, 0.3) is 0 Å². The Kier molecular flexibility index (Phi) is 5.70. The lowest BCUT2D eigenvalue weighted by molar-refractivity contribution is -0.135. The number of rotatable bonds is 6. The maximum atomic E-state index is 13.3. The van der Waals surface area contributed by atoms with Crippen molar-refractivity contribution in [3.8, 4) is 11.5 Å². The molecule has 29 heavy (non-hydrogen) atoms. The second-order valence-electron chi connectivity index (χ2n) is 7.84. The van der Waals surface area contributed by atoms with E-state index in [2.05, 4.69) is 4.90 Å². The van der Waals surface area contributed by atoms with Gasteiger partial charge in [-0.3, -0.25) is 9.69 Å². The van der Waals surface area contributed by atoms with Crippen LogP contribution in [0.1, 0.15) is 24.0 Å². The molecule has 4 rings (SSSR count). The van der Waals surface area contributed by atoms with Crippen LogP contribution in [0.15, 0.2) is 42.5 Å². The fourth-order valence-corrected chi connectivity index (χ4v) is 4.30. The number of hydrogen-bond donors (Lipinski definition) is 0. The second-order valence-corrected chi connectivity index (χ2v) is 8.27. The summed E-state index contributed by atoms with van der Waals surface area (Å²) in [5.74, 6) is 1.95. The van der Waals surface area contributed by atoms with Crippen molar-refractivity contribution < 1.29 is 14.3 Å². The molecule has 0 spiro atoms. The Morgan fingerprint density at radius 1 is 1.00 bits per heavy atom. The number of benzene rings is 2. The molecule has 2 aliphatic rings. The van der Waals surface area contributed by atoms with Crippen LogP contribution in [-0.2, 0) is 16.8 Å². The van der Waals surface area contributed by atoms with Gasteiger partial charge in [0.1, 0.15) is 11.5 Å². The highest BCUT2D eigenvalue weighted by molar-refractivity contribution is 6.30. The van der Waals surface area contributed by atoms with E-state index in [-0.39, 0.29) is 11.3 Å². The molecule has 0 radical (unpaired) electrons. The van der Waals surface area contributed by atoms with Crippen LogP contribution in [0.2, 0.25) is 5.02 Å². The summed E-state index contributed by atoms with van der Waals surface area (Å²) in [7, 11) is 3.36. The van der Waals surface area contributed by atoms with E-state index in [4.69, 9.17) is 21.1 Å². The number of amides is 1. The van der Waals surface area contributed by atoms with E-state index in [0.29, 0.717) is 5.02 Å². The van der Waals surface area contributed by atoms with Crippen LogP contribution in [0.5, 0.6) is 11.5 Å². The van der Waals surface area contributed by atoms with Crippen molar-refractivity contribution in [1.82, 2.24) is 9.80 Å². The van der Waals surface area contributed by atoms with E-state index < -0.39 is 0 Å². The summed E-state index contributed by atoms with van der Waals surface area (Å²) >= 11 is 6.02. The van der Waals surface area contributed by atoms with Gasteiger partial charge in [-0.25, -0.2) is 0 Å². The Balaban J connectivity index is 1.39. The topological polar surface area (TPSA) is 42.0 Å². The zero-order chi connectivity index (χ0) is 20.4. The molecule has 1 amide bonds. The minimum atomic E-state index is -0.331. The summed E-state index contributed by atoms with van der Waals surface area (Å²) < 4.78 is 10.9. The summed E-state index contributed by atoms with van der Waals surface area (Å²) in [6.07, 6.45) is 1.85. The highest BCUT2D eigenvalue weighted by atomic mass is 35.5. The van der Waals surface area contributed by atoms with Crippen molar-refractivity contribution >= 4 is 17.5 Å². The minimum absolute atomic E-state index is 0.262. The summed E-state index contributed by atoms with van der Waals surface area (Å²) in [5, 5.41) is 0.707. The zero-order valence-electron chi connectivity index (χ0n) is 17.0. The van der Waals surface area contributed by atoms with Crippen LogP contribution in [0.3, 0.4) is 0 Å². The number of ether oxygens (including phenoxy) is 2. The first-order valence-corrected chi connectivity index (χ1v) is 10.4. The van der Waals surface area contributed by atoms with Crippen molar-refractivity contribution in [2.45, 2.75) is 24.8 Å². The molecule has 5 nitrogen and oxygen atoms in total. The van der Waals surface area contributed by atoms with Crippen molar-refractivity contribution in [2.75, 3.05) is 40.4 Å². The van der Waals surface area contributed by atoms with Crippen LogP contribution >= 0.6 is 11.6 Å². The fourth-order valence-electron chi connectivity index (χ4n) is 4.18. The Bertz CT molecular complexity index is 872. The second kappa shape index (κ2) is 8.25. The molecule has 2 aromatic rings. The molecule has 2 aromatic carbocycles. The van der Waals surface area contributed by atoms with Crippen LogP contribution < -0.4 is 9.47 Å². The van der Waals surface area contributed by atoms with E-state index >= 15 is 0 Å². The molecule has 6 heteroatoms. The predicted molar refractivity (Wildman–Crippen MR) is 114 cm³/mol. The molecule has 1 saturated carbocycles. The largest absolute Gasteiger partial charge is 0.497 e. The smallest absolute Gasteiger partial charge is 0.233 e. The molecule has 0 atom stereocenters. The average Bonchev–Trinajstić information content (AvgIpc) is 3.56. The van der Waals surface area contributed by atoms with Gasteiger partial charge < -0.3 is 14.4 Å². The van der Waals surface area contributed by atoms with Gasteiger partial charge in [-0.1, -0.05) is 23.7 Å². The molecular weight excluding hydrogens is 388 g/mol. The quantitative estimate of drug-likeness (QED) is 0.722. The van der Waals surface area contributed by atoms with Crippen molar-refractivity contribution in [3.63, 3.8) is 0 Å². The van der Waals surface area contributed by atoms with Gasteiger partial charge in [0, 0.05) is 43.3 Å². The molecule has 1 aliphatic heterocycles. The highest BCUT2D eigenvalue weighted by Gasteiger charge is 2.53. The lowest BCUT2D eigenvalue weighted by atomic mass is 9.94. The SMILES string of the molecule is COc1ccc(OC)c(CN2CCN(C(=O)C3(c4ccc(Cl)cc4)CC3)CC2)c1. The normalized spacial score (nSPS) is 18.4. The third-order valence-corrected chi connectivity index (χ3v) is 6.35. The molecule has 2 fully saturated rings. The van der Waals surface area contributed by atoms with Gasteiger partial charge >= 0.3 is 0 Å². The number of methoxy groups -OCH3 is 2. The Hall–Kier alpha value is -2.24. The summed E-state index contributed by atoms with van der Waals surface area (Å²) in [6, 6.07) is 13.6. The molecule has 0 unspecified atom stereocenters. The molecule has 1 saturated heterocycles. The summed E-state index contributed by atoms with van der Waals surface area (Å²) in [6.45, 7) is 3.98. The number of piperazine rings is 1. The van der Waals surface area contributed by atoms with Crippen molar-refractivity contribution in [3.05, 3.63) is 58.6 Å². The molecule has 0 aromatic heterocycles. The first-order valence-electron chi connectivity index (χ1n) is 10.0. The van der Waals surface area contributed by atoms with Gasteiger partial charge in [-0.2, -0.15) is 0 Å². The summed E-state index contributed by atoms with van der Waals surface area (Å²) in [4.78, 5) is 17.6. The third-order valence-electron chi connectivity index (χ3n) is 6.10. The number of halogens is 1. The first-order chi connectivity index (χ1) is 14.1. The van der Waals surface area contributed by atoms with Crippen molar-refractivity contribution in [2.24, 2.45) is 0 Å². The van der Waals surface area contributed by atoms with Crippen LogP contribution in [0.25, 0.3) is 0 Å². The lowest BCUT2D eigenvalue weighted by Gasteiger charge is -2.37. The van der Waals surface area contributed by atoms with Gasteiger partial charge in [0.05, 0.1) is 19.6 Å². The Labute approximate surface area is 177 Å². The third kappa shape index (κ3) is 4.07. The lowest BCUT2D eigenvalue weighted by Crippen LogP contribution is -2.51. The number of carbonyl (C=O) groups is 1. The number of carbonyl (C=O) groups excluding carboxylic acids is 1. The Morgan fingerprint density at radius 2 is 1.69 bits per heavy atom. The fraction of sp³-hybridized carbons (Fsp3) is 0.435. The number of nitrogens with zero attached hydrogens (tertiary/aromatic N) is 2. The van der Waals surface area contributed by atoms with Gasteiger partial charge in [0.15, 0.2) is 0 Å². The molecule has 154 valence electrons. The predicted octanol–water partition coefficient (Wildman–Crippen LogP) is 3.73. The average molecular weight is 415 g/mol. The Morgan fingerprint density at radius 3 is 2.28 bits per heavy atom. The van der Waals surface area contributed by atoms with E-state index in [0.717, 1.165) is 68.2 Å². The monoisotopic (exact) mass is 414 g/mol. The van der Waals surface area contributed by atoms with Crippen LogP contribution in [0.4, 0.5) is 0 Å². The van der Waals surface area contributed by atoms with E-state index in [9.17, 15) is 4.79 Å². The molecule has 1 heterocycles. The molecule has 1 aliphatic carbocycles. The van der Waals surface area contributed by atoms with Gasteiger partial charge in [-0.15, -0.1) is 0 Å².